The highest BCUT2D eigenvalue weighted by atomic mass is 16.3. The van der Waals surface area contributed by atoms with Gasteiger partial charge in [-0.1, -0.05) is 40.5 Å². The molecule has 0 aromatic heterocycles. The summed E-state index contributed by atoms with van der Waals surface area (Å²) in [6.07, 6.45) is 6.01. The molecule has 15 heavy (non-hydrogen) atoms. The van der Waals surface area contributed by atoms with Gasteiger partial charge in [0.05, 0.1) is 6.61 Å². The van der Waals surface area contributed by atoms with E-state index >= 15 is 0 Å². The van der Waals surface area contributed by atoms with Crippen molar-refractivity contribution in [3.63, 3.8) is 0 Å². The normalized spacial score (nSPS) is 15.6. The zero-order valence-electron chi connectivity index (χ0n) is 10.9. The minimum atomic E-state index is 0.265. The minimum Gasteiger partial charge on any atom is -0.395 e. The van der Waals surface area contributed by atoms with Crippen molar-refractivity contribution in [3.05, 3.63) is 0 Å². The molecule has 2 N–H and O–H groups in total. The summed E-state index contributed by atoms with van der Waals surface area (Å²) in [5.41, 5.74) is 0. The minimum absolute atomic E-state index is 0.265. The van der Waals surface area contributed by atoms with E-state index in [-0.39, 0.29) is 12.6 Å². The summed E-state index contributed by atoms with van der Waals surface area (Å²) in [5.74, 6) is 0.651. The fourth-order valence-corrected chi connectivity index (χ4v) is 1.95. The molecule has 0 bridgehead atoms. The number of aliphatic hydroxyl groups excluding tert-OH is 1. The molecule has 0 aromatic carbocycles. The molecule has 0 spiro atoms. The molecular formula is C13H29NO. The topological polar surface area (TPSA) is 32.3 Å². The van der Waals surface area contributed by atoms with E-state index in [1.165, 1.54) is 19.3 Å². The van der Waals surface area contributed by atoms with E-state index in [1.807, 2.05) is 0 Å². The number of hydrogen-bond donors (Lipinski definition) is 2. The SMILES string of the molecule is CCCC[C@H](CC)N[C@@H](CO)CC(C)C. The maximum absolute atomic E-state index is 9.28. The highest BCUT2D eigenvalue weighted by Crippen LogP contribution is 2.09. The van der Waals surface area contributed by atoms with E-state index in [0.717, 1.165) is 12.8 Å². The van der Waals surface area contributed by atoms with Crippen molar-refractivity contribution < 1.29 is 5.11 Å². The van der Waals surface area contributed by atoms with Gasteiger partial charge in [-0.25, -0.2) is 0 Å². The summed E-state index contributed by atoms with van der Waals surface area (Å²) in [6, 6.07) is 0.868. The van der Waals surface area contributed by atoms with Gasteiger partial charge in [0.25, 0.3) is 0 Å². The quantitative estimate of drug-likeness (QED) is 0.620. The van der Waals surface area contributed by atoms with Crippen LogP contribution in [0.2, 0.25) is 0 Å². The van der Waals surface area contributed by atoms with Gasteiger partial charge in [0.2, 0.25) is 0 Å². The molecule has 0 saturated heterocycles. The molecule has 0 aromatic rings. The summed E-state index contributed by atoms with van der Waals surface area (Å²) in [7, 11) is 0. The second-order valence-corrected chi connectivity index (χ2v) is 4.92. The summed E-state index contributed by atoms with van der Waals surface area (Å²) >= 11 is 0. The third-order valence-corrected chi connectivity index (χ3v) is 2.85. The van der Waals surface area contributed by atoms with E-state index in [2.05, 4.69) is 33.0 Å². The van der Waals surface area contributed by atoms with Crippen LogP contribution in [0.3, 0.4) is 0 Å². The molecule has 2 heteroatoms. The van der Waals surface area contributed by atoms with Gasteiger partial charge in [-0.15, -0.1) is 0 Å². The van der Waals surface area contributed by atoms with E-state index in [0.29, 0.717) is 12.0 Å². The zero-order valence-corrected chi connectivity index (χ0v) is 10.9. The van der Waals surface area contributed by atoms with E-state index in [1.54, 1.807) is 0 Å². The van der Waals surface area contributed by atoms with Crippen LogP contribution in [-0.4, -0.2) is 23.8 Å². The fourth-order valence-electron chi connectivity index (χ4n) is 1.95. The molecule has 0 heterocycles. The Morgan fingerprint density at radius 2 is 1.80 bits per heavy atom. The molecule has 0 aliphatic rings. The van der Waals surface area contributed by atoms with Crippen molar-refractivity contribution in [2.45, 2.75) is 71.9 Å². The lowest BCUT2D eigenvalue weighted by molar-refractivity contribution is 0.208. The van der Waals surface area contributed by atoms with Gasteiger partial charge in [0, 0.05) is 12.1 Å². The molecule has 0 unspecified atom stereocenters. The standard InChI is InChI=1S/C13H29NO/c1-5-7-8-12(6-2)14-13(10-15)9-11(3)4/h11-15H,5-10H2,1-4H3/t12-,13+/m0/s1. The lowest BCUT2D eigenvalue weighted by Gasteiger charge is -2.25. The van der Waals surface area contributed by atoms with E-state index in [4.69, 9.17) is 0 Å². The Bertz CT molecular complexity index is 136. The number of nitrogens with one attached hydrogen (secondary N) is 1. The van der Waals surface area contributed by atoms with Crippen LogP contribution in [0, 0.1) is 5.92 Å². The maximum atomic E-state index is 9.28. The molecule has 92 valence electrons. The zero-order chi connectivity index (χ0) is 11.7. The van der Waals surface area contributed by atoms with Crippen molar-refractivity contribution in [3.8, 4) is 0 Å². The lowest BCUT2D eigenvalue weighted by Crippen LogP contribution is -2.41. The second-order valence-electron chi connectivity index (χ2n) is 4.92. The van der Waals surface area contributed by atoms with E-state index in [9.17, 15) is 5.11 Å². The molecule has 0 radical (unpaired) electrons. The van der Waals surface area contributed by atoms with Gasteiger partial charge >= 0.3 is 0 Å². The monoisotopic (exact) mass is 215 g/mol. The molecule has 2 atom stereocenters. The second kappa shape index (κ2) is 9.17. The summed E-state index contributed by atoms with van der Waals surface area (Å²) in [5, 5.41) is 12.9. The molecule has 0 aliphatic heterocycles. The first-order chi connectivity index (χ1) is 7.13. The van der Waals surface area contributed by atoms with Crippen LogP contribution in [0.25, 0.3) is 0 Å². The Hall–Kier alpha value is -0.0800. The molecule has 0 fully saturated rings. The first-order valence-electron chi connectivity index (χ1n) is 6.50. The Labute approximate surface area is 95.5 Å². The predicted molar refractivity (Wildman–Crippen MR) is 67.1 cm³/mol. The largest absolute Gasteiger partial charge is 0.395 e. The summed E-state index contributed by atoms with van der Waals surface area (Å²) in [4.78, 5) is 0. The average molecular weight is 215 g/mol. The molecule has 0 saturated carbocycles. The lowest BCUT2D eigenvalue weighted by atomic mass is 10.0. The molecule has 0 rings (SSSR count). The van der Waals surface area contributed by atoms with Crippen LogP contribution < -0.4 is 5.32 Å². The first kappa shape index (κ1) is 14.9. The highest BCUT2D eigenvalue weighted by molar-refractivity contribution is 4.74. The Morgan fingerprint density at radius 1 is 1.13 bits per heavy atom. The van der Waals surface area contributed by atoms with Gasteiger partial charge in [0.15, 0.2) is 0 Å². The number of hydrogen-bond acceptors (Lipinski definition) is 2. The van der Waals surface area contributed by atoms with Gasteiger partial charge in [-0.3, -0.25) is 0 Å². The highest BCUT2D eigenvalue weighted by Gasteiger charge is 2.14. The van der Waals surface area contributed by atoms with Gasteiger partial charge in [0.1, 0.15) is 0 Å². The van der Waals surface area contributed by atoms with Crippen molar-refractivity contribution in [1.29, 1.82) is 0 Å². The third-order valence-electron chi connectivity index (χ3n) is 2.85. The molecule has 2 nitrogen and oxygen atoms in total. The van der Waals surface area contributed by atoms with Crippen molar-refractivity contribution >= 4 is 0 Å². The maximum Gasteiger partial charge on any atom is 0.0584 e. The molecular weight excluding hydrogens is 186 g/mol. The predicted octanol–water partition coefficient (Wildman–Crippen LogP) is 2.95. The van der Waals surface area contributed by atoms with Crippen LogP contribution in [0.4, 0.5) is 0 Å². The smallest absolute Gasteiger partial charge is 0.0584 e. The third kappa shape index (κ3) is 7.80. The molecule has 0 aliphatic carbocycles. The van der Waals surface area contributed by atoms with Gasteiger partial charge in [-0.2, -0.15) is 0 Å². The van der Waals surface area contributed by atoms with Crippen LogP contribution >= 0.6 is 0 Å². The van der Waals surface area contributed by atoms with Gasteiger partial charge < -0.3 is 10.4 Å². The summed E-state index contributed by atoms with van der Waals surface area (Å²) in [6.45, 7) is 9.12. The van der Waals surface area contributed by atoms with Crippen LogP contribution in [0.1, 0.15) is 59.8 Å². The van der Waals surface area contributed by atoms with Crippen LogP contribution in [-0.2, 0) is 0 Å². The number of rotatable bonds is 9. The Balaban J connectivity index is 3.88. The number of unbranched alkanes of at least 4 members (excludes halogenated alkanes) is 1. The molecule has 0 amide bonds. The van der Waals surface area contributed by atoms with Gasteiger partial charge in [-0.05, 0) is 25.2 Å². The van der Waals surface area contributed by atoms with Crippen molar-refractivity contribution in [2.24, 2.45) is 5.92 Å². The van der Waals surface area contributed by atoms with Crippen molar-refractivity contribution in [1.82, 2.24) is 5.32 Å². The van der Waals surface area contributed by atoms with E-state index < -0.39 is 0 Å². The Kier molecular flexibility index (Phi) is 9.12. The van der Waals surface area contributed by atoms with Crippen LogP contribution in [0.5, 0.6) is 0 Å². The van der Waals surface area contributed by atoms with Crippen LogP contribution in [0.15, 0.2) is 0 Å². The summed E-state index contributed by atoms with van der Waals surface area (Å²) < 4.78 is 0. The number of aliphatic hydroxyl groups is 1. The first-order valence-corrected chi connectivity index (χ1v) is 6.50. The fraction of sp³-hybridized carbons (Fsp3) is 1.00. The average Bonchev–Trinajstić information content (AvgIpc) is 2.21. The Morgan fingerprint density at radius 3 is 2.20 bits per heavy atom. The van der Waals surface area contributed by atoms with Crippen molar-refractivity contribution in [2.75, 3.05) is 6.61 Å².